The standard InChI is InChI=1S/C16H17FN4O3S/c1-8-6-18-12(9(2)13(8)23-3)7-25(22)16-19-11-5-10(17)15(24-4)20-14(11)21-16/h5-6H,7H2,1-4H3,(H,19,20,21). The fourth-order valence-electron chi connectivity index (χ4n) is 2.54. The van der Waals surface area contributed by atoms with Crippen LogP contribution in [0.5, 0.6) is 11.6 Å². The molecule has 0 aliphatic carbocycles. The van der Waals surface area contributed by atoms with Crippen LogP contribution >= 0.6 is 0 Å². The van der Waals surface area contributed by atoms with Crippen molar-refractivity contribution in [3.8, 4) is 11.6 Å². The smallest absolute Gasteiger partial charge is 0.252 e. The molecule has 1 atom stereocenters. The number of fused-ring (bicyclic) bond motifs is 1. The Labute approximate surface area is 146 Å². The van der Waals surface area contributed by atoms with E-state index in [9.17, 15) is 8.60 Å². The number of hydrogen-bond acceptors (Lipinski definition) is 6. The second-order valence-electron chi connectivity index (χ2n) is 5.43. The number of nitrogens with zero attached hydrogens (tertiary/aromatic N) is 3. The van der Waals surface area contributed by atoms with Crippen LogP contribution in [0, 0.1) is 19.7 Å². The number of imidazole rings is 1. The molecule has 0 aliphatic heterocycles. The van der Waals surface area contributed by atoms with Gasteiger partial charge in [-0.2, -0.15) is 4.98 Å². The molecule has 3 rings (SSSR count). The molecule has 132 valence electrons. The van der Waals surface area contributed by atoms with E-state index in [1.807, 2.05) is 13.8 Å². The first-order valence-corrected chi connectivity index (χ1v) is 8.74. The molecule has 0 spiro atoms. The summed E-state index contributed by atoms with van der Waals surface area (Å²) in [6, 6.07) is 1.22. The van der Waals surface area contributed by atoms with Crippen molar-refractivity contribution in [3.63, 3.8) is 0 Å². The predicted octanol–water partition coefficient (Wildman–Crippen LogP) is 2.43. The molecule has 0 bridgehead atoms. The second-order valence-corrected chi connectivity index (χ2v) is 6.80. The average Bonchev–Trinajstić information content (AvgIpc) is 3.00. The Balaban J connectivity index is 1.93. The molecule has 9 heteroatoms. The minimum atomic E-state index is -1.50. The summed E-state index contributed by atoms with van der Waals surface area (Å²) < 4.78 is 36.6. The van der Waals surface area contributed by atoms with Gasteiger partial charge in [-0.25, -0.2) is 9.37 Å². The lowest BCUT2D eigenvalue weighted by atomic mass is 10.1. The van der Waals surface area contributed by atoms with Crippen LogP contribution in [-0.2, 0) is 16.6 Å². The molecule has 3 aromatic heterocycles. The first-order valence-electron chi connectivity index (χ1n) is 7.42. The van der Waals surface area contributed by atoms with Gasteiger partial charge in [0.05, 0.1) is 42.0 Å². The van der Waals surface area contributed by atoms with Gasteiger partial charge in [0.25, 0.3) is 5.88 Å². The van der Waals surface area contributed by atoms with Gasteiger partial charge in [0.15, 0.2) is 16.6 Å². The van der Waals surface area contributed by atoms with Gasteiger partial charge in [0.1, 0.15) is 5.75 Å². The first kappa shape index (κ1) is 17.3. The van der Waals surface area contributed by atoms with E-state index in [0.717, 1.165) is 16.9 Å². The van der Waals surface area contributed by atoms with E-state index in [1.165, 1.54) is 13.2 Å². The number of rotatable bonds is 5. The van der Waals surface area contributed by atoms with E-state index in [1.54, 1.807) is 13.3 Å². The van der Waals surface area contributed by atoms with Crippen LogP contribution in [-0.4, -0.2) is 38.4 Å². The number of nitrogens with one attached hydrogen (secondary N) is 1. The minimum Gasteiger partial charge on any atom is -0.496 e. The highest BCUT2D eigenvalue weighted by Crippen LogP contribution is 2.26. The lowest BCUT2D eigenvalue weighted by Crippen LogP contribution is -2.05. The summed E-state index contributed by atoms with van der Waals surface area (Å²) in [5.74, 6) is 0.107. The summed E-state index contributed by atoms with van der Waals surface area (Å²) in [6.07, 6.45) is 1.68. The van der Waals surface area contributed by atoms with Gasteiger partial charge >= 0.3 is 0 Å². The van der Waals surface area contributed by atoms with Crippen molar-refractivity contribution < 1.29 is 18.1 Å². The minimum absolute atomic E-state index is 0.155. The molecule has 0 aliphatic rings. The van der Waals surface area contributed by atoms with Gasteiger partial charge in [-0.15, -0.1) is 0 Å². The van der Waals surface area contributed by atoms with Crippen molar-refractivity contribution in [1.82, 2.24) is 19.9 Å². The van der Waals surface area contributed by atoms with Crippen LogP contribution in [0.2, 0.25) is 0 Å². The van der Waals surface area contributed by atoms with Crippen LogP contribution in [0.3, 0.4) is 0 Å². The molecule has 0 aromatic carbocycles. The molecule has 0 saturated carbocycles. The molecule has 0 radical (unpaired) electrons. The Bertz CT molecular complexity index is 974. The maximum absolute atomic E-state index is 13.7. The van der Waals surface area contributed by atoms with Crippen molar-refractivity contribution in [2.24, 2.45) is 0 Å². The first-order chi connectivity index (χ1) is 11.9. The van der Waals surface area contributed by atoms with Crippen LogP contribution in [0.25, 0.3) is 11.2 Å². The van der Waals surface area contributed by atoms with Crippen molar-refractivity contribution >= 4 is 22.0 Å². The number of halogens is 1. The molecule has 3 aromatic rings. The normalized spacial score (nSPS) is 12.4. The number of H-pyrrole nitrogens is 1. The van der Waals surface area contributed by atoms with E-state index >= 15 is 0 Å². The maximum atomic E-state index is 13.7. The van der Waals surface area contributed by atoms with Crippen molar-refractivity contribution in [2.75, 3.05) is 14.2 Å². The molecule has 1 N–H and O–H groups in total. The third kappa shape index (κ3) is 3.19. The van der Waals surface area contributed by atoms with Gasteiger partial charge in [-0.3, -0.25) is 9.19 Å². The van der Waals surface area contributed by atoms with E-state index in [0.29, 0.717) is 11.2 Å². The summed E-state index contributed by atoms with van der Waals surface area (Å²) in [5.41, 5.74) is 2.99. The monoisotopic (exact) mass is 364 g/mol. The maximum Gasteiger partial charge on any atom is 0.252 e. The van der Waals surface area contributed by atoms with E-state index < -0.39 is 16.6 Å². The Hall–Kier alpha value is -2.55. The number of ether oxygens (including phenoxy) is 2. The Morgan fingerprint density at radius 1 is 1.24 bits per heavy atom. The van der Waals surface area contributed by atoms with Crippen molar-refractivity contribution in [1.29, 1.82) is 0 Å². The van der Waals surface area contributed by atoms with Gasteiger partial charge in [-0.1, -0.05) is 0 Å². The summed E-state index contributed by atoms with van der Waals surface area (Å²) in [4.78, 5) is 15.3. The summed E-state index contributed by atoms with van der Waals surface area (Å²) in [7, 11) is 1.41. The van der Waals surface area contributed by atoms with Gasteiger partial charge in [0.2, 0.25) is 0 Å². The Kier molecular flexibility index (Phi) is 4.67. The second kappa shape index (κ2) is 6.75. The average molecular weight is 364 g/mol. The van der Waals surface area contributed by atoms with Gasteiger partial charge < -0.3 is 14.5 Å². The number of hydrogen-bond donors (Lipinski definition) is 1. The fourth-order valence-corrected chi connectivity index (χ4v) is 3.63. The van der Waals surface area contributed by atoms with E-state index in [2.05, 4.69) is 19.9 Å². The number of aryl methyl sites for hydroxylation is 1. The van der Waals surface area contributed by atoms with Crippen molar-refractivity contribution in [3.05, 3.63) is 34.9 Å². The van der Waals surface area contributed by atoms with Gasteiger partial charge in [0, 0.05) is 23.4 Å². The highest BCUT2D eigenvalue weighted by atomic mass is 32.2. The zero-order valence-corrected chi connectivity index (χ0v) is 15.0. The molecule has 7 nitrogen and oxygen atoms in total. The molecule has 25 heavy (non-hydrogen) atoms. The van der Waals surface area contributed by atoms with Crippen molar-refractivity contribution in [2.45, 2.75) is 24.8 Å². The summed E-state index contributed by atoms with van der Waals surface area (Å²) in [5, 5.41) is 0.205. The zero-order chi connectivity index (χ0) is 18.1. The third-order valence-corrected chi connectivity index (χ3v) is 4.96. The van der Waals surface area contributed by atoms with Crippen LogP contribution in [0.4, 0.5) is 4.39 Å². The number of aromatic amines is 1. The molecule has 0 fully saturated rings. The van der Waals surface area contributed by atoms with Gasteiger partial charge in [-0.05, 0) is 13.8 Å². The highest BCUT2D eigenvalue weighted by Gasteiger charge is 2.17. The molecule has 1 unspecified atom stereocenters. The fraction of sp³-hybridized carbons (Fsp3) is 0.312. The Morgan fingerprint density at radius 3 is 2.68 bits per heavy atom. The van der Waals surface area contributed by atoms with Crippen LogP contribution < -0.4 is 9.47 Å². The molecule has 3 heterocycles. The van der Waals surface area contributed by atoms with E-state index in [4.69, 9.17) is 9.47 Å². The third-order valence-electron chi connectivity index (χ3n) is 3.80. The quantitative estimate of drug-likeness (QED) is 0.748. The Morgan fingerprint density at radius 2 is 2.00 bits per heavy atom. The SMILES string of the molecule is COc1nc2nc(S(=O)Cc3ncc(C)c(OC)c3C)[nH]c2cc1F. The summed E-state index contributed by atoms with van der Waals surface area (Å²) in [6.45, 7) is 3.76. The summed E-state index contributed by atoms with van der Waals surface area (Å²) >= 11 is 0. The largest absolute Gasteiger partial charge is 0.496 e. The van der Waals surface area contributed by atoms with E-state index in [-0.39, 0.29) is 22.4 Å². The number of methoxy groups -OCH3 is 2. The lowest BCUT2D eigenvalue weighted by Gasteiger charge is -2.11. The number of pyridine rings is 2. The number of aromatic nitrogens is 4. The molecular weight excluding hydrogens is 347 g/mol. The highest BCUT2D eigenvalue weighted by molar-refractivity contribution is 7.84. The topological polar surface area (TPSA) is 90.0 Å². The molecular formula is C16H17FN4O3S. The zero-order valence-electron chi connectivity index (χ0n) is 14.2. The lowest BCUT2D eigenvalue weighted by molar-refractivity contribution is 0.371. The molecule has 0 saturated heterocycles. The van der Waals surface area contributed by atoms with Crippen LogP contribution in [0.1, 0.15) is 16.8 Å². The van der Waals surface area contributed by atoms with Crippen LogP contribution in [0.15, 0.2) is 17.4 Å². The molecule has 0 amide bonds. The predicted molar refractivity (Wildman–Crippen MR) is 90.8 cm³/mol.